The number of carbonyl (C=O) groups is 1. The van der Waals surface area contributed by atoms with Crippen LogP contribution < -0.4 is 10.6 Å². The van der Waals surface area contributed by atoms with Crippen molar-refractivity contribution in [3.05, 3.63) is 94.4 Å². The molecule has 6 nitrogen and oxygen atoms in total. The number of fused-ring (bicyclic) bond motifs is 1. The van der Waals surface area contributed by atoms with E-state index in [-0.39, 0.29) is 6.03 Å². The number of benzene rings is 2. The predicted molar refractivity (Wildman–Crippen MR) is 142 cm³/mol. The van der Waals surface area contributed by atoms with Crippen LogP contribution in [0, 0.1) is 27.7 Å². The standard InChI is InChI=1S/C29H33N5O/c1-19-9-8-10-20(2)26(19)16-30-27-15-25(18-34-22(4)21(3)31-28(27)34)32-29(35)33-14-13-24(17-33)23-11-6-5-7-12-23/h5-12,15,18,24,30H,13-14,16-17H2,1-4H3,(H,32,35). The molecular formula is C29H33N5O. The number of likely N-dealkylation sites (tertiary alicyclic amines) is 1. The van der Waals surface area contributed by atoms with E-state index in [1.165, 1.54) is 22.3 Å². The molecule has 35 heavy (non-hydrogen) atoms. The highest BCUT2D eigenvalue weighted by atomic mass is 16.2. The van der Waals surface area contributed by atoms with Crippen molar-refractivity contribution in [2.75, 3.05) is 23.7 Å². The monoisotopic (exact) mass is 467 g/mol. The third-order valence-electron chi connectivity index (χ3n) is 7.29. The molecule has 2 N–H and O–H groups in total. The number of imidazole rings is 1. The zero-order valence-electron chi connectivity index (χ0n) is 20.9. The van der Waals surface area contributed by atoms with E-state index in [1.54, 1.807) is 0 Å². The molecule has 0 spiro atoms. The largest absolute Gasteiger partial charge is 0.378 e. The first kappa shape index (κ1) is 23.0. The molecule has 2 amide bonds. The lowest BCUT2D eigenvalue weighted by molar-refractivity contribution is 0.222. The highest BCUT2D eigenvalue weighted by molar-refractivity contribution is 5.91. The number of rotatable bonds is 5. The van der Waals surface area contributed by atoms with Crippen molar-refractivity contribution in [2.24, 2.45) is 0 Å². The second kappa shape index (κ2) is 9.45. The molecule has 0 radical (unpaired) electrons. The molecule has 180 valence electrons. The van der Waals surface area contributed by atoms with Crippen LogP contribution in [0.3, 0.4) is 0 Å². The van der Waals surface area contributed by atoms with Gasteiger partial charge >= 0.3 is 6.03 Å². The summed E-state index contributed by atoms with van der Waals surface area (Å²) in [6, 6.07) is 18.8. The summed E-state index contributed by atoms with van der Waals surface area (Å²) in [4.78, 5) is 19.9. The number of carbonyl (C=O) groups excluding carboxylic acids is 1. The summed E-state index contributed by atoms with van der Waals surface area (Å²) in [5.41, 5.74) is 9.68. The number of nitrogens with zero attached hydrogens (tertiary/aromatic N) is 3. The van der Waals surface area contributed by atoms with Crippen LogP contribution in [0.15, 0.2) is 60.8 Å². The van der Waals surface area contributed by atoms with Gasteiger partial charge in [-0.15, -0.1) is 0 Å². The van der Waals surface area contributed by atoms with Crippen LogP contribution in [0.25, 0.3) is 5.65 Å². The van der Waals surface area contributed by atoms with Crippen molar-refractivity contribution in [1.82, 2.24) is 14.3 Å². The average Bonchev–Trinajstić information content (AvgIpc) is 3.45. The highest BCUT2D eigenvalue weighted by Gasteiger charge is 2.27. The minimum absolute atomic E-state index is 0.0574. The molecule has 3 heterocycles. The Bertz CT molecular complexity index is 1350. The molecule has 1 saturated heterocycles. The lowest BCUT2D eigenvalue weighted by Gasteiger charge is -2.19. The zero-order chi connectivity index (χ0) is 24.5. The lowest BCUT2D eigenvalue weighted by Crippen LogP contribution is -2.32. The Morgan fingerprint density at radius 2 is 1.77 bits per heavy atom. The Morgan fingerprint density at radius 3 is 2.51 bits per heavy atom. The Kier molecular flexibility index (Phi) is 6.20. The molecule has 6 heteroatoms. The topological polar surface area (TPSA) is 61.7 Å². The minimum Gasteiger partial charge on any atom is -0.378 e. The predicted octanol–water partition coefficient (Wildman–Crippen LogP) is 6.20. The van der Waals surface area contributed by atoms with Crippen LogP contribution in [0.2, 0.25) is 0 Å². The quantitative estimate of drug-likeness (QED) is 0.367. The van der Waals surface area contributed by atoms with Crippen LogP contribution >= 0.6 is 0 Å². The van der Waals surface area contributed by atoms with Crippen LogP contribution in [-0.2, 0) is 6.54 Å². The maximum atomic E-state index is 13.2. The maximum Gasteiger partial charge on any atom is 0.321 e. The van der Waals surface area contributed by atoms with Gasteiger partial charge in [-0.05, 0) is 62.4 Å². The summed E-state index contributed by atoms with van der Waals surface area (Å²) in [5.74, 6) is 0.387. The summed E-state index contributed by atoms with van der Waals surface area (Å²) < 4.78 is 2.06. The SMILES string of the molecule is Cc1cccc(C)c1CNc1cc(NC(=O)N2CCC(c3ccccc3)C2)cn2c(C)c(C)nc12. The molecular weight excluding hydrogens is 434 g/mol. The molecule has 1 aliphatic rings. The number of pyridine rings is 1. The number of aromatic nitrogens is 2. The third-order valence-corrected chi connectivity index (χ3v) is 7.29. The first-order valence-corrected chi connectivity index (χ1v) is 12.3. The number of hydrogen-bond donors (Lipinski definition) is 2. The number of anilines is 2. The fourth-order valence-corrected chi connectivity index (χ4v) is 5.03. The van der Waals surface area contributed by atoms with E-state index in [4.69, 9.17) is 4.98 Å². The molecule has 2 aromatic carbocycles. The zero-order valence-corrected chi connectivity index (χ0v) is 20.9. The Morgan fingerprint density at radius 1 is 1.03 bits per heavy atom. The molecule has 1 unspecified atom stereocenters. The van der Waals surface area contributed by atoms with Crippen molar-refractivity contribution in [3.63, 3.8) is 0 Å². The molecule has 1 aliphatic heterocycles. The van der Waals surface area contributed by atoms with Gasteiger partial charge in [0.15, 0.2) is 5.65 Å². The second-order valence-corrected chi connectivity index (χ2v) is 9.62. The van der Waals surface area contributed by atoms with Crippen molar-refractivity contribution in [1.29, 1.82) is 0 Å². The smallest absolute Gasteiger partial charge is 0.321 e. The van der Waals surface area contributed by atoms with Gasteiger partial charge in [0.2, 0.25) is 0 Å². The normalized spacial score (nSPS) is 15.5. The van der Waals surface area contributed by atoms with Gasteiger partial charge in [0.25, 0.3) is 0 Å². The van der Waals surface area contributed by atoms with Crippen LogP contribution in [-0.4, -0.2) is 33.4 Å². The van der Waals surface area contributed by atoms with Gasteiger partial charge in [-0.25, -0.2) is 9.78 Å². The molecule has 0 bridgehead atoms. The number of hydrogen-bond acceptors (Lipinski definition) is 3. The van der Waals surface area contributed by atoms with Gasteiger partial charge in [-0.3, -0.25) is 0 Å². The fourth-order valence-electron chi connectivity index (χ4n) is 5.03. The summed E-state index contributed by atoms with van der Waals surface area (Å²) >= 11 is 0. The van der Waals surface area contributed by atoms with Gasteiger partial charge in [0.1, 0.15) is 0 Å². The Hall–Kier alpha value is -3.80. The number of aryl methyl sites for hydroxylation is 4. The Labute approximate surface area is 207 Å². The second-order valence-electron chi connectivity index (χ2n) is 9.62. The lowest BCUT2D eigenvalue weighted by atomic mass is 9.99. The van der Waals surface area contributed by atoms with Crippen molar-refractivity contribution >= 4 is 23.1 Å². The van der Waals surface area contributed by atoms with E-state index in [0.717, 1.165) is 47.9 Å². The van der Waals surface area contributed by atoms with E-state index < -0.39 is 0 Å². The summed E-state index contributed by atoms with van der Waals surface area (Å²) in [7, 11) is 0. The molecule has 2 aromatic heterocycles. The van der Waals surface area contributed by atoms with Gasteiger partial charge in [0, 0.05) is 37.4 Å². The van der Waals surface area contributed by atoms with Gasteiger partial charge < -0.3 is 19.9 Å². The fraction of sp³-hybridized carbons (Fsp3) is 0.310. The van der Waals surface area contributed by atoms with E-state index in [0.29, 0.717) is 12.5 Å². The van der Waals surface area contributed by atoms with Crippen LogP contribution in [0.5, 0.6) is 0 Å². The molecule has 0 saturated carbocycles. The van der Waals surface area contributed by atoms with Crippen LogP contribution in [0.4, 0.5) is 16.2 Å². The minimum atomic E-state index is -0.0574. The first-order chi connectivity index (χ1) is 16.9. The molecule has 5 rings (SSSR count). The Balaban J connectivity index is 1.37. The third kappa shape index (κ3) is 4.61. The van der Waals surface area contributed by atoms with E-state index >= 15 is 0 Å². The van der Waals surface area contributed by atoms with Gasteiger partial charge in [0.05, 0.1) is 17.1 Å². The van der Waals surface area contributed by atoms with E-state index in [2.05, 4.69) is 78.3 Å². The van der Waals surface area contributed by atoms with Crippen LogP contribution in [0.1, 0.15) is 46.0 Å². The molecule has 1 fully saturated rings. The van der Waals surface area contributed by atoms with E-state index in [9.17, 15) is 4.79 Å². The summed E-state index contributed by atoms with van der Waals surface area (Å²) in [6.45, 7) is 10.5. The summed E-state index contributed by atoms with van der Waals surface area (Å²) in [5, 5.41) is 6.73. The average molecular weight is 468 g/mol. The maximum absolute atomic E-state index is 13.2. The molecule has 0 aliphatic carbocycles. The number of nitrogens with one attached hydrogen (secondary N) is 2. The van der Waals surface area contributed by atoms with Gasteiger partial charge in [-0.2, -0.15) is 0 Å². The first-order valence-electron chi connectivity index (χ1n) is 12.3. The van der Waals surface area contributed by atoms with Gasteiger partial charge in [-0.1, -0.05) is 48.5 Å². The van der Waals surface area contributed by atoms with E-state index in [1.807, 2.05) is 30.2 Å². The van der Waals surface area contributed by atoms with Crippen molar-refractivity contribution in [3.8, 4) is 0 Å². The molecule has 1 atom stereocenters. The van der Waals surface area contributed by atoms with Crippen molar-refractivity contribution < 1.29 is 4.79 Å². The highest BCUT2D eigenvalue weighted by Crippen LogP contribution is 2.29. The summed E-state index contributed by atoms with van der Waals surface area (Å²) in [6.07, 6.45) is 2.95. The van der Waals surface area contributed by atoms with Crippen molar-refractivity contribution in [2.45, 2.75) is 46.6 Å². The molecule has 4 aromatic rings. The number of urea groups is 1. The number of amides is 2.